The van der Waals surface area contributed by atoms with E-state index < -0.39 is 12.7 Å². The van der Waals surface area contributed by atoms with Crippen LogP contribution >= 0.6 is 7.37 Å². The van der Waals surface area contributed by atoms with E-state index in [1.807, 2.05) is 30.3 Å². The topological polar surface area (TPSA) is 57.5 Å². The van der Waals surface area contributed by atoms with Crippen LogP contribution < -0.4 is 5.30 Å². The van der Waals surface area contributed by atoms with Crippen molar-refractivity contribution in [1.29, 1.82) is 0 Å². The Balaban J connectivity index is 2.30. The SMILES string of the molecule is CC(O)(/C=C/c1ccccc1)P(=O)(O)c1ccccc1. The van der Waals surface area contributed by atoms with Gasteiger partial charge in [-0.05, 0) is 30.7 Å². The van der Waals surface area contributed by atoms with Crippen LogP contribution in [0.25, 0.3) is 6.08 Å². The summed E-state index contributed by atoms with van der Waals surface area (Å²) in [4.78, 5) is 10.2. The van der Waals surface area contributed by atoms with Gasteiger partial charge < -0.3 is 10.00 Å². The maximum absolute atomic E-state index is 12.5. The molecule has 0 radical (unpaired) electrons. The van der Waals surface area contributed by atoms with Crippen LogP contribution in [-0.4, -0.2) is 15.3 Å². The quantitative estimate of drug-likeness (QED) is 0.850. The second-order valence-corrected chi connectivity index (χ2v) is 7.32. The van der Waals surface area contributed by atoms with Crippen molar-refractivity contribution in [2.75, 3.05) is 0 Å². The monoisotopic (exact) mass is 288 g/mol. The summed E-state index contributed by atoms with van der Waals surface area (Å²) in [5.41, 5.74) is 0.862. The average molecular weight is 288 g/mol. The average Bonchev–Trinajstić information content (AvgIpc) is 2.47. The normalized spacial score (nSPS) is 17.6. The molecule has 0 aromatic heterocycles. The Labute approximate surface area is 118 Å². The minimum Gasteiger partial charge on any atom is -0.376 e. The van der Waals surface area contributed by atoms with Crippen molar-refractivity contribution < 1.29 is 14.6 Å². The fourth-order valence-corrected chi connectivity index (χ4v) is 3.19. The van der Waals surface area contributed by atoms with Gasteiger partial charge in [-0.15, -0.1) is 0 Å². The lowest BCUT2D eigenvalue weighted by Crippen LogP contribution is -2.27. The molecular weight excluding hydrogens is 271 g/mol. The molecule has 0 bridgehead atoms. The fraction of sp³-hybridized carbons (Fsp3) is 0.125. The van der Waals surface area contributed by atoms with Gasteiger partial charge in [0.05, 0.1) is 0 Å². The van der Waals surface area contributed by atoms with E-state index >= 15 is 0 Å². The lowest BCUT2D eigenvalue weighted by molar-refractivity contribution is 0.180. The first-order chi connectivity index (χ1) is 9.43. The highest BCUT2D eigenvalue weighted by atomic mass is 31.2. The molecule has 4 heteroatoms. The number of aliphatic hydroxyl groups is 1. The second kappa shape index (κ2) is 5.76. The summed E-state index contributed by atoms with van der Waals surface area (Å²) in [7, 11) is -3.92. The summed E-state index contributed by atoms with van der Waals surface area (Å²) in [6.45, 7) is 1.35. The molecule has 2 unspecified atom stereocenters. The molecule has 0 saturated carbocycles. The number of hydrogen-bond acceptors (Lipinski definition) is 2. The number of benzene rings is 2. The Morgan fingerprint density at radius 3 is 2.05 bits per heavy atom. The molecule has 20 heavy (non-hydrogen) atoms. The molecule has 2 atom stereocenters. The second-order valence-electron chi connectivity index (χ2n) is 4.75. The Hall–Kier alpha value is -1.67. The molecule has 104 valence electrons. The van der Waals surface area contributed by atoms with Gasteiger partial charge in [-0.3, -0.25) is 4.57 Å². The molecule has 0 saturated heterocycles. The molecule has 2 aromatic rings. The number of hydrogen-bond donors (Lipinski definition) is 2. The maximum atomic E-state index is 12.5. The van der Waals surface area contributed by atoms with Crippen LogP contribution in [0.5, 0.6) is 0 Å². The Morgan fingerprint density at radius 2 is 1.50 bits per heavy atom. The minimum absolute atomic E-state index is 0.239. The van der Waals surface area contributed by atoms with Gasteiger partial charge in [0, 0.05) is 5.30 Å². The van der Waals surface area contributed by atoms with Gasteiger partial charge in [0.15, 0.2) is 5.34 Å². The first kappa shape index (κ1) is 14.7. The van der Waals surface area contributed by atoms with E-state index in [-0.39, 0.29) is 5.30 Å². The van der Waals surface area contributed by atoms with Gasteiger partial charge in [-0.2, -0.15) is 0 Å². The van der Waals surface area contributed by atoms with E-state index in [0.717, 1.165) is 5.56 Å². The van der Waals surface area contributed by atoms with Crippen molar-refractivity contribution in [3.8, 4) is 0 Å². The zero-order valence-corrected chi connectivity index (χ0v) is 12.1. The molecule has 2 aromatic carbocycles. The van der Waals surface area contributed by atoms with Gasteiger partial charge in [-0.25, -0.2) is 0 Å². The molecule has 0 spiro atoms. The Morgan fingerprint density at radius 1 is 1.00 bits per heavy atom. The van der Waals surface area contributed by atoms with E-state index in [1.165, 1.54) is 13.0 Å². The van der Waals surface area contributed by atoms with E-state index in [0.29, 0.717) is 0 Å². The van der Waals surface area contributed by atoms with Gasteiger partial charge in [0.2, 0.25) is 0 Å². The third kappa shape index (κ3) is 3.07. The molecule has 0 aliphatic carbocycles. The largest absolute Gasteiger partial charge is 0.376 e. The molecular formula is C16H17O3P. The van der Waals surface area contributed by atoms with Crippen LogP contribution in [0.2, 0.25) is 0 Å². The zero-order valence-electron chi connectivity index (χ0n) is 11.2. The third-order valence-electron chi connectivity index (χ3n) is 3.11. The van der Waals surface area contributed by atoms with Crippen molar-refractivity contribution in [2.45, 2.75) is 12.3 Å². The van der Waals surface area contributed by atoms with E-state index in [1.54, 1.807) is 36.4 Å². The highest BCUT2D eigenvalue weighted by molar-refractivity contribution is 7.67. The molecule has 2 rings (SSSR count). The van der Waals surface area contributed by atoms with Gasteiger partial charge in [-0.1, -0.05) is 54.6 Å². The lowest BCUT2D eigenvalue weighted by atomic mass is 10.2. The highest BCUT2D eigenvalue weighted by Crippen LogP contribution is 2.52. The van der Waals surface area contributed by atoms with Gasteiger partial charge in [0.1, 0.15) is 0 Å². The van der Waals surface area contributed by atoms with Crippen LogP contribution in [0.15, 0.2) is 66.7 Å². The summed E-state index contributed by atoms with van der Waals surface area (Å²) in [5, 5.41) is 8.78. The van der Waals surface area contributed by atoms with Crippen molar-refractivity contribution in [3.05, 3.63) is 72.3 Å². The van der Waals surface area contributed by atoms with Crippen molar-refractivity contribution in [3.63, 3.8) is 0 Å². The molecule has 2 N–H and O–H groups in total. The first-order valence-electron chi connectivity index (χ1n) is 6.29. The van der Waals surface area contributed by atoms with Crippen LogP contribution in [0.3, 0.4) is 0 Å². The van der Waals surface area contributed by atoms with Crippen LogP contribution in [0.1, 0.15) is 12.5 Å². The van der Waals surface area contributed by atoms with Crippen LogP contribution in [0.4, 0.5) is 0 Å². The summed E-state index contributed by atoms with van der Waals surface area (Å²) >= 11 is 0. The fourth-order valence-electron chi connectivity index (χ4n) is 1.81. The molecule has 0 aliphatic heterocycles. The standard InChI is InChI=1S/C16H17O3P/c1-16(17,13-12-14-8-4-2-5-9-14)20(18,19)15-10-6-3-7-11-15/h2-13,17H,1H3,(H,18,19)/b13-12+. The summed E-state index contributed by atoms with van der Waals surface area (Å²) in [5.74, 6) is 0. The first-order valence-corrected chi connectivity index (χ1v) is 7.95. The zero-order chi connectivity index (χ0) is 14.6. The van der Waals surface area contributed by atoms with Gasteiger partial charge >= 0.3 is 0 Å². The number of rotatable bonds is 4. The van der Waals surface area contributed by atoms with Crippen molar-refractivity contribution >= 4 is 18.7 Å². The predicted octanol–water partition coefficient (Wildman–Crippen LogP) is 3.00. The van der Waals surface area contributed by atoms with Crippen LogP contribution in [-0.2, 0) is 4.57 Å². The lowest BCUT2D eigenvalue weighted by Gasteiger charge is -2.26. The Kier molecular flexibility index (Phi) is 4.24. The van der Waals surface area contributed by atoms with E-state index in [2.05, 4.69) is 0 Å². The summed E-state index contributed by atoms with van der Waals surface area (Å²) in [6, 6.07) is 17.5. The smallest absolute Gasteiger partial charge is 0.263 e. The molecule has 0 heterocycles. The molecule has 3 nitrogen and oxygen atoms in total. The van der Waals surface area contributed by atoms with E-state index in [9.17, 15) is 14.6 Å². The predicted molar refractivity (Wildman–Crippen MR) is 82.0 cm³/mol. The van der Waals surface area contributed by atoms with E-state index in [4.69, 9.17) is 0 Å². The Bertz CT molecular complexity index is 633. The third-order valence-corrected chi connectivity index (χ3v) is 5.49. The highest BCUT2D eigenvalue weighted by Gasteiger charge is 2.40. The van der Waals surface area contributed by atoms with Crippen molar-refractivity contribution in [2.24, 2.45) is 0 Å². The molecule has 0 fully saturated rings. The summed E-state index contributed by atoms with van der Waals surface area (Å²) < 4.78 is 12.5. The summed E-state index contributed by atoms with van der Waals surface area (Å²) in [6.07, 6.45) is 3.02. The van der Waals surface area contributed by atoms with Crippen LogP contribution in [0, 0.1) is 0 Å². The minimum atomic E-state index is -3.92. The maximum Gasteiger partial charge on any atom is 0.263 e. The molecule has 0 amide bonds. The van der Waals surface area contributed by atoms with Gasteiger partial charge in [0.25, 0.3) is 7.37 Å². The molecule has 0 aliphatic rings. The van der Waals surface area contributed by atoms with Crippen molar-refractivity contribution in [1.82, 2.24) is 0 Å².